The van der Waals surface area contributed by atoms with Crippen molar-refractivity contribution in [2.24, 2.45) is 0 Å². The molecule has 1 atom stereocenters. The van der Waals surface area contributed by atoms with Crippen LogP contribution in [0.3, 0.4) is 0 Å². The summed E-state index contributed by atoms with van der Waals surface area (Å²) in [6.07, 6.45) is 14.6. The molecule has 0 spiro atoms. The zero-order valence-corrected chi connectivity index (χ0v) is 17.8. The van der Waals surface area contributed by atoms with Crippen LogP contribution in [-0.4, -0.2) is 30.3 Å². The molecule has 0 radical (unpaired) electrons. The number of aliphatic hydroxyl groups excluding tert-OH is 1. The summed E-state index contributed by atoms with van der Waals surface area (Å²) in [7, 11) is 0. The Morgan fingerprint density at radius 3 is 2.07 bits per heavy atom. The van der Waals surface area contributed by atoms with Crippen LogP contribution in [0.2, 0.25) is 0 Å². The topological polar surface area (TPSA) is 58.6 Å². The number of rotatable bonds is 18. The maximum Gasteiger partial charge on any atom is 0.220 e. The zero-order valence-electron chi connectivity index (χ0n) is 17.8. The van der Waals surface area contributed by atoms with Gasteiger partial charge in [-0.1, -0.05) is 101 Å². The quantitative estimate of drug-likeness (QED) is 0.330. The molecule has 0 saturated heterocycles. The molecule has 0 saturated carbocycles. The fourth-order valence-corrected chi connectivity index (χ4v) is 3.28. The van der Waals surface area contributed by atoms with Crippen LogP contribution in [0, 0.1) is 0 Å². The normalized spacial score (nSPS) is 12.1. The van der Waals surface area contributed by atoms with Gasteiger partial charge in [-0.2, -0.15) is 0 Å². The number of hydrogen-bond donors (Lipinski definition) is 2. The summed E-state index contributed by atoms with van der Waals surface area (Å²) in [5.74, 6) is 0.0123. The molecular formula is C24H41NO3. The number of carbonyl (C=O) groups is 1. The van der Waals surface area contributed by atoms with Gasteiger partial charge in [0.05, 0.1) is 25.9 Å². The molecule has 0 fully saturated rings. The third-order valence-corrected chi connectivity index (χ3v) is 5.02. The molecule has 4 nitrogen and oxygen atoms in total. The molecule has 0 aliphatic rings. The van der Waals surface area contributed by atoms with E-state index in [2.05, 4.69) is 12.2 Å². The van der Waals surface area contributed by atoms with Crippen LogP contribution >= 0.6 is 0 Å². The van der Waals surface area contributed by atoms with E-state index >= 15 is 0 Å². The third kappa shape index (κ3) is 13.7. The second-order valence-corrected chi connectivity index (χ2v) is 7.73. The lowest BCUT2D eigenvalue weighted by molar-refractivity contribution is -0.122. The highest BCUT2D eigenvalue weighted by molar-refractivity contribution is 5.76. The van der Waals surface area contributed by atoms with E-state index < -0.39 is 0 Å². The first-order chi connectivity index (χ1) is 13.8. The summed E-state index contributed by atoms with van der Waals surface area (Å²) in [5, 5.41) is 12.3. The second-order valence-electron chi connectivity index (χ2n) is 7.73. The van der Waals surface area contributed by atoms with Crippen molar-refractivity contribution in [3.05, 3.63) is 35.9 Å². The maximum atomic E-state index is 12.0. The lowest BCUT2D eigenvalue weighted by atomic mass is 10.1. The van der Waals surface area contributed by atoms with Gasteiger partial charge in [-0.3, -0.25) is 4.79 Å². The Morgan fingerprint density at radius 1 is 0.929 bits per heavy atom. The Balaban J connectivity index is 1.96. The van der Waals surface area contributed by atoms with E-state index in [0.29, 0.717) is 19.6 Å². The van der Waals surface area contributed by atoms with Crippen LogP contribution in [0.5, 0.6) is 0 Å². The summed E-state index contributed by atoms with van der Waals surface area (Å²) < 4.78 is 5.61. The van der Waals surface area contributed by atoms with Gasteiger partial charge in [0, 0.05) is 6.42 Å². The Hall–Kier alpha value is -1.39. The second kappa shape index (κ2) is 17.7. The number of ether oxygens (including phenoxy) is 1. The van der Waals surface area contributed by atoms with E-state index in [9.17, 15) is 9.90 Å². The van der Waals surface area contributed by atoms with E-state index in [4.69, 9.17) is 4.74 Å². The van der Waals surface area contributed by atoms with Crippen LogP contribution in [0.15, 0.2) is 30.3 Å². The van der Waals surface area contributed by atoms with Crippen LogP contribution in [0.1, 0.15) is 89.5 Å². The Kier molecular flexibility index (Phi) is 15.6. The van der Waals surface area contributed by atoms with Crippen LogP contribution < -0.4 is 5.32 Å². The molecule has 1 rings (SSSR count). The van der Waals surface area contributed by atoms with Crippen molar-refractivity contribution in [1.82, 2.24) is 5.32 Å². The van der Waals surface area contributed by atoms with E-state index in [1.807, 2.05) is 30.3 Å². The van der Waals surface area contributed by atoms with Crippen molar-refractivity contribution >= 4 is 5.91 Å². The minimum atomic E-state index is -0.330. The zero-order chi connectivity index (χ0) is 20.3. The minimum absolute atomic E-state index is 0.0123. The van der Waals surface area contributed by atoms with Gasteiger partial charge in [-0.15, -0.1) is 0 Å². The van der Waals surface area contributed by atoms with Gasteiger partial charge in [0.25, 0.3) is 0 Å². The van der Waals surface area contributed by atoms with Crippen LogP contribution in [0.25, 0.3) is 0 Å². The van der Waals surface area contributed by atoms with E-state index in [1.165, 1.54) is 57.8 Å². The Labute approximate surface area is 172 Å². The molecule has 2 N–H and O–H groups in total. The Bertz CT molecular complexity index is 478. The van der Waals surface area contributed by atoms with Crippen LogP contribution in [0.4, 0.5) is 0 Å². The molecule has 1 aromatic rings. The first kappa shape index (κ1) is 24.6. The summed E-state index contributed by atoms with van der Waals surface area (Å²) in [6, 6.07) is 9.58. The number of benzene rings is 1. The van der Waals surface area contributed by atoms with Gasteiger partial charge in [0.1, 0.15) is 0 Å². The summed E-state index contributed by atoms with van der Waals surface area (Å²) in [6.45, 7) is 2.98. The van der Waals surface area contributed by atoms with Gasteiger partial charge in [0.2, 0.25) is 5.91 Å². The van der Waals surface area contributed by atoms with Gasteiger partial charge < -0.3 is 15.2 Å². The van der Waals surface area contributed by atoms with E-state index in [1.54, 1.807) is 0 Å². The monoisotopic (exact) mass is 391 g/mol. The molecule has 0 heterocycles. The van der Waals surface area contributed by atoms with Crippen molar-refractivity contribution in [1.29, 1.82) is 0 Å². The number of aliphatic hydroxyl groups is 1. The molecule has 1 amide bonds. The number of carbonyl (C=O) groups excluding carboxylic acids is 1. The highest BCUT2D eigenvalue weighted by Crippen LogP contribution is 2.12. The number of unbranched alkanes of at least 4 members (excludes halogenated alkanes) is 10. The Morgan fingerprint density at radius 2 is 1.50 bits per heavy atom. The fraction of sp³-hybridized carbons (Fsp3) is 0.708. The molecule has 28 heavy (non-hydrogen) atoms. The lowest BCUT2D eigenvalue weighted by Gasteiger charge is -2.16. The standard InChI is InChI=1S/C24H41NO3/c1-2-3-4-5-6-7-8-9-10-11-15-18-24(27)25-23(19-26)21-28-20-22-16-13-12-14-17-22/h12-14,16-17,23,26H,2-11,15,18-21H2,1H3,(H,25,27)/t23-/m0/s1. The molecule has 0 aromatic heterocycles. The van der Waals surface area contributed by atoms with Crippen molar-refractivity contribution in [3.63, 3.8) is 0 Å². The molecule has 0 unspecified atom stereocenters. The molecule has 1 aromatic carbocycles. The SMILES string of the molecule is CCCCCCCCCCCCCC(=O)N[C@@H](CO)COCc1ccccc1. The van der Waals surface area contributed by atoms with Crippen molar-refractivity contribution < 1.29 is 14.6 Å². The summed E-state index contributed by atoms with van der Waals surface area (Å²) in [4.78, 5) is 12.0. The average Bonchev–Trinajstić information content (AvgIpc) is 2.72. The highest BCUT2D eigenvalue weighted by Gasteiger charge is 2.11. The maximum absolute atomic E-state index is 12.0. The van der Waals surface area contributed by atoms with E-state index in [-0.39, 0.29) is 18.6 Å². The average molecular weight is 392 g/mol. The molecule has 0 aliphatic carbocycles. The van der Waals surface area contributed by atoms with Crippen LogP contribution in [-0.2, 0) is 16.1 Å². The number of amides is 1. The molecule has 0 bridgehead atoms. The largest absolute Gasteiger partial charge is 0.394 e. The molecule has 0 aliphatic heterocycles. The van der Waals surface area contributed by atoms with Gasteiger partial charge in [-0.05, 0) is 12.0 Å². The van der Waals surface area contributed by atoms with E-state index in [0.717, 1.165) is 18.4 Å². The smallest absolute Gasteiger partial charge is 0.220 e. The summed E-state index contributed by atoms with van der Waals surface area (Å²) in [5.41, 5.74) is 1.09. The van der Waals surface area contributed by atoms with Crippen molar-refractivity contribution in [2.45, 2.75) is 96.6 Å². The molecule has 4 heteroatoms. The lowest BCUT2D eigenvalue weighted by Crippen LogP contribution is -2.40. The molecule has 160 valence electrons. The van der Waals surface area contributed by atoms with Gasteiger partial charge in [0.15, 0.2) is 0 Å². The fourth-order valence-electron chi connectivity index (χ4n) is 3.28. The van der Waals surface area contributed by atoms with Gasteiger partial charge in [-0.25, -0.2) is 0 Å². The third-order valence-electron chi connectivity index (χ3n) is 5.02. The van der Waals surface area contributed by atoms with Crippen molar-refractivity contribution in [2.75, 3.05) is 13.2 Å². The summed E-state index contributed by atoms with van der Waals surface area (Å²) >= 11 is 0. The van der Waals surface area contributed by atoms with Gasteiger partial charge >= 0.3 is 0 Å². The predicted octanol–water partition coefficient (Wildman–Crippen LogP) is 5.38. The molecular weight excluding hydrogens is 350 g/mol. The first-order valence-electron chi connectivity index (χ1n) is 11.3. The number of nitrogens with one attached hydrogen (secondary N) is 1. The van der Waals surface area contributed by atoms with Crippen molar-refractivity contribution in [3.8, 4) is 0 Å². The highest BCUT2D eigenvalue weighted by atomic mass is 16.5. The number of hydrogen-bond acceptors (Lipinski definition) is 3. The minimum Gasteiger partial charge on any atom is -0.394 e. The first-order valence-corrected chi connectivity index (χ1v) is 11.3. The predicted molar refractivity (Wildman–Crippen MR) is 116 cm³/mol.